The van der Waals surface area contributed by atoms with E-state index in [-0.39, 0.29) is 11.7 Å². The number of hydrogen-bond acceptors (Lipinski definition) is 5. The lowest BCUT2D eigenvalue weighted by molar-refractivity contribution is -0.385. The van der Waals surface area contributed by atoms with Crippen LogP contribution in [0, 0.1) is 24.0 Å². The van der Waals surface area contributed by atoms with E-state index in [4.69, 9.17) is 11.6 Å². The summed E-state index contributed by atoms with van der Waals surface area (Å²) in [6, 6.07) is 4.82. The van der Waals surface area contributed by atoms with Crippen molar-refractivity contribution >= 4 is 28.6 Å². The highest BCUT2D eigenvalue weighted by Crippen LogP contribution is 2.27. The van der Waals surface area contributed by atoms with Crippen LogP contribution in [0.15, 0.2) is 18.2 Å². The first kappa shape index (κ1) is 15.9. The fourth-order valence-corrected chi connectivity index (χ4v) is 3.28. The van der Waals surface area contributed by atoms with Gasteiger partial charge in [0, 0.05) is 34.1 Å². The van der Waals surface area contributed by atoms with Crippen LogP contribution in [0.3, 0.4) is 0 Å². The number of halogens is 1. The third kappa shape index (κ3) is 3.78. The molecule has 21 heavy (non-hydrogen) atoms. The van der Waals surface area contributed by atoms with Gasteiger partial charge in [-0.3, -0.25) is 10.1 Å². The van der Waals surface area contributed by atoms with Crippen LogP contribution in [0.2, 0.25) is 5.02 Å². The molecular weight excluding hydrogens is 310 g/mol. The van der Waals surface area contributed by atoms with Gasteiger partial charge in [-0.15, -0.1) is 11.3 Å². The van der Waals surface area contributed by atoms with Crippen molar-refractivity contribution in [2.75, 3.05) is 0 Å². The molecule has 0 radical (unpaired) electrons. The van der Waals surface area contributed by atoms with Crippen molar-refractivity contribution in [2.24, 2.45) is 0 Å². The molecular formula is C14H16ClN3O2S. The van der Waals surface area contributed by atoms with Gasteiger partial charge in [-0.05, 0) is 32.9 Å². The zero-order chi connectivity index (χ0) is 15.6. The monoisotopic (exact) mass is 325 g/mol. The van der Waals surface area contributed by atoms with Crippen LogP contribution in [-0.4, -0.2) is 9.91 Å². The molecule has 0 spiro atoms. The summed E-state index contributed by atoms with van der Waals surface area (Å²) >= 11 is 7.45. The summed E-state index contributed by atoms with van der Waals surface area (Å²) in [7, 11) is 0. The maximum atomic E-state index is 11.1. The van der Waals surface area contributed by atoms with Crippen LogP contribution in [0.1, 0.15) is 34.1 Å². The van der Waals surface area contributed by atoms with Gasteiger partial charge >= 0.3 is 0 Å². The summed E-state index contributed by atoms with van der Waals surface area (Å²) < 4.78 is 0. The predicted octanol–water partition coefficient (Wildman–Crippen LogP) is 4.17. The summed E-state index contributed by atoms with van der Waals surface area (Å²) in [5, 5.41) is 15.8. The van der Waals surface area contributed by atoms with E-state index in [1.165, 1.54) is 6.07 Å². The normalized spacial score (nSPS) is 12.4. The second kappa shape index (κ2) is 6.51. The molecule has 1 atom stereocenters. The van der Waals surface area contributed by atoms with Crippen LogP contribution < -0.4 is 5.32 Å². The minimum Gasteiger partial charge on any atom is -0.305 e. The molecule has 0 fully saturated rings. The van der Waals surface area contributed by atoms with Crippen LogP contribution in [0.4, 0.5) is 5.69 Å². The fraction of sp³-hybridized carbons (Fsp3) is 0.357. The third-order valence-electron chi connectivity index (χ3n) is 3.18. The molecule has 1 aromatic carbocycles. The zero-order valence-corrected chi connectivity index (χ0v) is 13.6. The molecule has 0 aliphatic carbocycles. The Balaban J connectivity index is 2.13. The summed E-state index contributed by atoms with van der Waals surface area (Å²) in [5.41, 5.74) is 1.66. The minimum absolute atomic E-state index is 0.0411. The van der Waals surface area contributed by atoms with Gasteiger partial charge in [-0.2, -0.15) is 0 Å². The van der Waals surface area contributed by atoms with Gasteiger partial charge in [0.05, 0.1) is 15.6 Å². The van der Waals surface area contributed by atoms with E-state index in [9.17, 15) is 10.1 Å². The van der Waals surface area contributed by atoms with E-state index in [0.29, 0.717) is 17.1 Å². The van der Waals surface area contributed by atoms with Gasteiger partial charge in [0.2, 0.25) is 0 Å². The van der Waals surface area contributed by atoms with E-state index in [2.05, 4.69) is 10.3 Å². The second-order valence-electron chi connectivity index (χ2n) is 4.82. The number of nitro benzene ring substituents is 1. The highest BCUT2D eigenvalue weighted by atomic mass is 35.5. The molecule has 7 heteroatoms. The first-order chi connectivity index (χ1) is 9.88. The summed E-state index contributed by atoms with van der Waals surface area (Å²) in [6.07, 6.45) is 0. The summed E-state index contributed by atoms with van der Waals surface area (Å²) in [4.78, 5) is 16.2. The Morgan fingerprint density at radius 3 is 2.76 bits per heavy atom. The van der Waals surface area contributed by atoms with E-state index in [0.717, 1.165) is 15.6 Å². The second-order valence-corrected chi connectivity index (χ2v) is 6.49. The Kier molecular flexibility index (Phi) is 4.92. The van der Waals surface area contributed by atoms with Crippen molar-refractivity contribution in [1.82, 2.24) is 10.3 Å². The summed E-state index contributed by atoms with van der Waals surface area (Å²) in [5.74, 6) is 0. The molecule has 112 valence electrons. The third-order valence-corrected chi connectivity index (χ3v) is 4.67. The Labute approximate surface area is 132 Å². The van der Waals surface area contributed by atoms with E-state index >= 15 is 0 Å². The van der Waals surface area contributed by atoms with Crippen LogP contribution >= 0.6 is 22.9 Å². The number of nitrogens with zero attached hydrogens (tertiary/aromatic N) is 2. The molecule has 1 heterocycles. The van der Waals surface area contributed by atoms with Crippen LogP contribution in [-0.2, 0) is 6.54 Å². The van der Waals surface area contributed by atoms with Gasteiger partial charge in [0.1, 0.15) is 0 Å². The first-order valence-corrected chi connectivity index (χ1v) is 7.68. The molecule has 2 rings (SSSR count). The maximum absolute atomic E-state index is 11.1. The van der Waals surface area contributed by atoms with Gasteiger partial charge in [0.15, 0.2) is 0 Å². The average Bonchev–Trinajstić information content (AvgIpc) is 2.75. The molecule has 1 unspecified atom stereocenters. The lowest BCUT2D eigenvalue weighted by Crippen LogP contribution is -2.18. The Morgan fingerprint density at radius 2 is 2.19 bits per heavy atom. The van der Waals surface area contributed by atoms with E-state index < -0.39 is 4.92 Å². The number of thiazole rings is 1. The molecule has 2 aromatic rings. The first-order valence-electron chi connectivity index (χ1n) is 6.48. The highest BCUT2D eigenvalue weighted by Gasteiger charge is 2.17. The summed E-state index contributed by atoms with van der Waals surface area (Å²) in [6.45, 7) is 6.38. The Morgan fingerprint density at radius 1 is 1.48 bits per heavy atom. The Bertz CT molecular complexity index is 672. The average molecular weight is 326 g/mol. The smallest absolute Gasteiger partial charge is 0.275 e. The molecule has 0 amide bonds. The lowest BCUT2D eigenvalue weighted by Gasteiger charge is -2.13. The van der Waals surface area contributed by atoms with Crippen molar-refractivity contribution in [3.8, 4) is 0 Å². The van der Waals surface area contributed by atoms with Crippen LogP contribution in [0.5, 0.6) is 0 Å². The number of benzene rings is 1. The van der Waals surface area contributed by atoms with E-state index in [1.54, 1.807) is 23.5 Å². The number of rotatable bonds is 5. The minimum atomic E-state index is -0.407. The molecule has 0 saturated heterocycles. The van der Waals surface area contributed by atoms with E-state index in [1.807, 2.05) is 20.8 Å². The predicted molar refractivity (Wildman–Crippen MR) is 84.9 cm³/mol. The fourth-order valence-electron chi connectivity index (χ4n) is 2.16. The van der Waals surface area contributed by atoms with Gasteiger partial charge < -0.3 is 5.32 Å². The molecule has 0 aliphatic rings. The van der Waals surface area contributed by atoms with Crippen LogP contribution in [0.25, 0.3) is 0 Å². The Hall–Kier alpha value is -1.50. The number of nitro groups is 1. The number of aromatic nitrogens is 1. The largest absolute Gasteiger partial charge is 0.305 e. The number of aryl methyl sites for hydroxylation is 2. The van der Waals surface area contributed by atoms with Crippen molar-refractivity contribution in [3.05, 3.63) is 54.5 Å². The van der Waals surface area contributed by atoms with Gasteiger partial charge in [-0.25, -0.2) is 4.98 Å². The lowest BCUT2D eigenvalue weighted by atomic mass is 10.1. The molecule has 5 nitrogen and oxygen atoms in total. The van der Waals surface area contributed by atoms with Crippen molar-refractivity contribution in [2.45, 2.75) is 33.4 Å². The molecule has 0 saturated carbocycles. The van der Waals surface area contributed by atoms with Gasteiger partial charge in [-0.1, -0.05) is 11.6 Å². The molecule has 0 bridgehead atoms. The van der Waals surface area contributed by atoms with Crippen molar-refractivity contribution in [1.29, 1.82) is 0 Å². The molecule has 1 N–H and O–H groups in total. The standard InChI is InChI=1S/C14H16ClN3O2S/c1-8(14-9(2)17-10(3)21-14)16-7-11-4-5-12(15)6-13(11)18(19)20/h4-6,8,16H,7H2,1-3H3. The SMILES string of the molecule is Cc1nc(C)c(C(C)NCc2ccc(Cl)cc2[N+](=O)[O-])s1. The van der Waals surface area contributed by atoms with Crippen molar-refractivity contribution < 1.29 is 4.92 Å². The number of nitrogens with one attached hydrogen (secondary N) is 1. The quantitative estimate of drug-likeness (QED) is 0.661. The number of hydrogen-bond donors (Lipinski definition) is 1. The van der Waals surface area contributed by atoms with Gasteiger partial charge in [0.25, 0.3) is 5.69 Å². The van der Waals surface area contributed by atoms with Crippen molar-refractivity contribution in [3.63, 3.8) is 0 Å². The maximum Gasteiger partial charge on any atom is 0.275 e. The zero-order valence-electron chi connectivity index (χ0n) is 12.0. The molecule has 0 aliphatic heterocycles. The topological polar surface area (TPSA) is 68.1 Å². The highest BCUT2D eigenvalue weighted by molar-refractivity contribution is 7.11. The molecule has 1 aromatic heterocycles.